The molecule has 1 saturated heterocycles. The van der Waals surface area contributed by atoms with E-state index < -0.39 is 10.0 Å². The Morgan fingerprint density at radius 1 is 1.09 bits per heavy atom. The van der Waals surface area contributed by atoms with Crippen molar-refractivity contribution < 1.29 is 17.9 Å². The van der Waals surface area contributed by atoms with Gasteiger partial charge in [0, 0.05) is 19.2 Å². The van der Waals surface area contributed by atoms with Gasteiger partial charge in [-0.15, -0.1) is 0 Å². The summed E-state index contributed by atoms with van der Waals surface area (Å²) in [6.45, 7) is 7.03. The van der Waals surface area contributed by atoms with Gasteiger partial charge in [-0.2, -0.15) is 0 Å². The van der Waals surface area contributed by atoms with E-state index in [4.69, 9.17) is 4.74 Å². The number of hydrogen-bond acceptors (Lipinski definition) is 5. The number of benzene rings is 2. The van der Waals surface area contributed by atoms with E-state index in [0.717, 1.165) is 35.8 Å². The number of likely N-dealkylation sites (tertiary alicyclic amines) is 1. The largest absolute Gasteiger partial charge is 0.491 e. The first-order valence-corrected chi connectivity index (χ1v) is 12.9. The first kappa shape index (κ1) is 24.1. The molecule has 0 saturated carbocycles. The van der Waals surface area contributed by atoms with Crippen molar-refractivity contribution in [3.63, 3.8) is 0 Å². The molecule has 3 rings (SSSR count). The number of sulfonamides is 1. The Kier molecular flexibility index (Phi) is 8.15. The molecule has 1 aliphatic heterocycles. The van der Waals surface area contributed by atoms with Gasteiger partial charge in [0.05, 0.1) is 18.0 Å². The monoisotopic (exact) mass is 459 g/mol. The van der Waals surface area contributed by atoms with E-state index in [0.29, 0.717) is 18.0 Å². The van der Waals surface area contributed by atoms with E-state index >= 15 is 0 Å². The molecule has 1 fully saturated rings. The maximum atomic E-state index is 12.6. The summed E-state index contributed by atoms with van der Waals surface area (Å²) in [5.41, 5.74) is 2.61. The highest BCUT2D eigenvalue weighted by Crippen LogP contribution is 2.24. The number of nitrogens with one attached hydrogen (secondary N) is 1. The van der Waals surface area contributed by atoms with E-state index in [1.165, 1.54) is 18.4 Å². The van der Waals surface area contributed by atoms with E-state index in [-0.39, 0.29) is 18.6 Å². The molecule has 1 heterocycles. The number of hydrogen-bond donors (Lipinski definition) is 1. The van der Waals surface area contributed by atoms with Crippen LogP contribution in [-0.2, 0) is 27.9 Å². The second kappa shape index (κ2) is 10.8. The third-order valence-electron chi connectivity index (χ3n) is 5.25. The van der Waals surface area contributed by atoms with Gasteiger partial charge in [-0.1, -0.05) is 30.3 Å². The number of carbonyl (C=O) groups excluding carboxylic acids is 1. The van der Waals surface area contributed by atoms with Gasteiger partial charge in [0.2, 0.25) is 15.9 Å². The average Bonchev–Trinajstić information content (AvgIpc) is 3.22. The van der Waals surface area contributed by atoms with Crippen LogP contribution in [0, 0.1) is 0 Å². The number of carbonyl (C=O) groups is 1. The first-order valence-electron chi connectivity index (χ1n) is 11.0. The van der Waals surface area contributed by atoms with Gasteiger partial charge in [0.1, 0.15) is 12.3 Å². The summed E-state index contributed by atoms with van der Waals surface area (Å²) in [6, 6.07) is 14.9. The number of ether oxygens (including phenoxy) is 1. The summed E-state index contributed by atoms with van der Waals surface area (Å²) in [7, 11) is -3.65. The first-order chi connectivity index (χ1) is 15.2. The van der Waals surface area contributed by atoms with Crippen LogP contribution < -0.4 is 14.4 Å². The number of rotatable bonds is 10. The van der Waals surface area contributed by atoms with Gasteiger partial charge in [-0.3, -0.25) is 14.0 Å². The summed E-state index contributed by atoms with van der Waals surface area (Å²) in [6.07, 6.45) is 3.55. The molecule has 8 heteroatoms. The molecule has 32 heavy (non-hydrogen) atoms. The van der Waals surface area contributed by atoms with E-state index in [1.54, 1.807) is 24.3 Å². The molecule has 2 aromatic carbocycles. The molecule has 174 valence electrons. The van der Waals surface area contributed by atoms with Crippen LogP contribution in [0.25, 0.3) is 0 Å². The summed E-state index contributed by atoms with van der Waals surface area (Å²) in [5, 5.41) is 2.85. The maximum absolute atomic E-state index is 12.6. The van der Waals surface area contributed by atoms with Crippen LogP contribution in [0.1, 0.15) is 37.8 Å². The predicted molar refractivity (Wildman–Crippen MR) is 127 cm³/mol. The minimum absolute atomic E-state index is 0.0403. The van der Waals surface area contributed by atoms with Crippen LogP contribution in [0.4, 0.5) is 5.69 Å². The van der Waals surface area contributed by atoms with E-state index in [9.17, 15) is 13.2 Å². The molecule has 0 aliphatic carbocycles. The molecule has 1 aliphatic rings. The van der Waals surface area contributed by atoms with Crippen LogP contribution in [0.15, 0.2) is 48.5 Å². The van der Waals surface area contributed by atoms with Gasteiger partial charge < -0.3 is 10.1 Å². The topological polar surface area (TPSA) is 79.0 Å². The fourth-order valence-electron chi connectivity index (χ4n) is 3.81. The van der Waals surface area contributed by atoms with Crippen molar-refractivity contribution in [1.82, 2.24) is 10.2 Å². The van der Waals surface area contributed by atoms with Gasteiger partial charge in [-0.25, -0.2) is 8.42 Å². The lowest BCUT2D eigenvalue weighted by molar-refractivity contribution is -0.119. The normalized spacial score (nSPS) is 14.5. The highest BCUT2D eigenvalue weighted by atomic mass is 32.2. The molecule has 0 spiro atoms. The molecular formula is C24H33N3O4S. The van der Waals surface area contributed by atoms with Crippen molar-refractivity contribution in [3.8, 4) is 5.75 Å². The lowest BCUT2D eigenvalue weighted by atomic mass is 10.1. The van der Waals surface area contributed by atoms with Gasteiger partial charge in [-0.05, 0) is 63.0 Å². The van der Waals surface area contributed by atoms with Gasteiger partial charge in [0.25, 0.3) is 0 Å². The fourth-order valence-corrected chi connectivity index (χ4v) is 4.66. The van der Waals surface area contributed by atoms with Crippen LogP contribution >= 0.6 is 0 Å². The minimum Gasteiger partial charge on any atom is -0.491 e. The molecule has 0 atom stereocenters. The van der Waals surface area contributed by atoms with Gasteiger partial charge in [0.15, 0.2) is 0 Å². The zero-order chi connectivity index (χ0) is 23.1. The summed E-state index contributed by atoms with van der Waals surface area (Å²) >= 11 is 0. The predicted octanol–water partition coefficient (Wildman–Crippen LogP) is 3.15. The van der Waals surface area contributed by atoms with E-state index in [2.05, 4.69) is 22.3 Å². The van der Waals surface area contributed by atoms with Crippen molar-refractivity contribution in [2.24, 2.45) is 0 Å². The van der Waals surface area contributed by atoms with Crippen molar-refractivity contribution in [1.29, 1.82) is 0 Å². The Hall–Kier alpha value is -2.58. The van der Waals surface area contributed by atoms with Crippen LogP contribution in [0.3, 0.4) is 0 Å². The standard InChI is InChI=1S/C24H33N3O4S/c1-19(2)31-23-11-7-10-22(15-23)27(32(3,29)30)18-24(28)25-16-20-8-6-9-21(14-20)17-26-12-4-5-13-26/h6-11,14-15,19H,4-5,12-13,16-18H2,1-3H3,(H,25,28). The molecule has 0 radical (unpaired) electrons. The lowest BCUT2D eigenvalue weighted by Crippen LogP contribution is -2.40. The van der Waals surface area contributed by atoms with Crippen molar-refractivity contribution in [3.05, 3.63) is 59.7 Å². The van der Waals surface area contributed by atoms with Crippen LogP contribution in [-0.4, -0.2) is 51.2 Å². The Bertz CT molecular complexity index is 1020. The quantitative estimate of drug-likeness (QED) is 0.591. The summed E-state index contributed by atoms with van der Waals surface area (Å²) in [5.74, 6) is 0.192. The molecule has 0 bridgehead atoms. The van der Waals surface area contributed by atoms with Gasteiger partial charge >= 0.3 is 0 Å². The molecule has 7 nitrogen and oxygen atoms in total. The fraction of sp³-hybridized carbons (Fsp3) is 0.458. The Morgan fingerprint density at radius 3 is 2.47 bits per heavy atom. The van der Waals surface area contributed by atoms with Crippen LogP contribution in [0.5, 0.6) is 5.75 Å². The molecule has 2 aromatic rings. The smallest absolute Gasteiger partial charge is 0.241 e. The van der Waals surface area contributed by atoms with Crippen molar-refractivity contribution in [2.45, 2.75) is 45.9 Å². The molecule has 1 amide bonds. The highest BCUT2D eigenvalue weighted by Gasteiger charge is 2.21. The third-order valence-corrected chi connectivity index (χ3v) is 6.39. The second-order valence-electron chi connectivity index (χ2n) is 8.51. The Labute approximate surface area is 191 Å². The highest BCUT2D eigenvalue weighted by molar-refractivity contribution is 7.92. The third kappa shape index (κ3) is 7.24. The minimum atomic E-state index is -3.65. The van der Waals surface area contributed by atoms with E-state index in [1.807, 2.05) is 26.0 Å². The lowest BCUT2D eigenvalue weighted by Gasteiger charge is -2.23. The number of anilines is 1. The van der Waals surface area contributed by atoms with Crippen LogP contribution in [0.2, 0.25) is 0 Å². The average molecular weight is 460 g/mol. The summed E-state index contributed by atoms with van der Waals surface area (Å²) < 4.78 is 31.5. The number of amides is 1. The second-order valence-corrected chi connectivity index (χ2v) is 10.4. The molecule has 1 N–H and O–H groups in total. The van der Waals surface area contributed by atoms with Crippen molar-refractivity contribution >= 4 is 21.6 Å². The molecular weight excluding hydrogens is 426 g/mol. The maximum Gasteiger partial charge on any atom is 0.241 e. The molecule has 0 aromatic heterocycles. The Morgan fingerprint density at radius 2 is 1.78 bits per heavy atom. The molecule has 0 unspecified atom stereocenters. The zero-order valence-corrected chi connectivity index (χ0v) is 19.9. The zero-order valence-electron chi connectivity index (χ0n) is 19.1. The number of nitrogens with zero attached hydrogens (tertiary/aromatic N) is 2. The Balaban J connectivity index is 1.63. The van der Waals surface area contributed by atoms with Crippen molar-refractivity contribution in [2.75, 3.05) is 30.2 Å². The summed E-state index contributed by atoms with van der Waals surface area (Å²) in [4.78, 5) is 15.0. The SMILES string of the molecule is CC(C)Oc1cccc(N(CC(=O)NCc2cccc(CN3CCCC3)c2)S(C)(=O)=O)c1.